The van der Waals surface area contributed by atoms with Crippen LogP contribution in [0.4, 0.5) is 17.1 Å². The van der Waals surface area contributed by atoms with Gasteiger partial charge in [-0.05, 0) is 99.1 Å². The minimum absolute atomic E-state index is 0.440. The fourth-order valence-electron chi connectivity index (χ4n) is 7.04. The van der Waals surface area contributed by atoms with Gasteiger partial charge in [0.1, 0.15) is 0 Å². The van der Waals surface area contributed by atoms with E-state index in [2.05, 4.69) is 203 Å². The minimum Gasteiger partial charge on any atom is -0.311 e. The molecule has 0 saturated heterocycles. The molecule has 7 aromatic rings. The molecule has 1 nitrogen and oxygen atoms in total. The fourth-order valence-corrected chi connectivity index (χ4v) is 7.41. The number of halogens is 1. The number of para-hydroxylation sites is 2. The molecule has 1 aliphatic carbocycles. The van der Waals surface area contributed by atoms with E-state index in [1.807, 2.05) is 0 Å². The summed E-state index contributed by atoms with van der Waals surface area (Å²) in [6.07, 6.45) is 0. The lowest BCUT2D eigenvalue weighted by molar-refractivity contribution is 0.768. The van der Waals surface area contributed by atoms with Crippen LogP contribution >= 0.6 is 15.9 Å². The van der Waals surface area contributed by atoms with Crippen molar-refractivity contribution in [1.82, 2.24) is 0 Å². The molecule has 0 radical (unpaired) electrons. The Morgan fingerprint density at radius 3 is 1.33 bits per heavy atom. The Bertz CT molecular complexity index is 2010. The first-order valence-corrected chi connectivity index (χ1v) is 16.1. The van der Waals surface area contributed by atoms with Gasteiger partial charge in [0.2, 0.25) is 0 Å². The first kappa shape index (κ1) is 27.4. The molecule has 0 unspecified atom stereocenters. The summed E-state index contributed by atoms with van der Waals surface area (Å²) in [6.45, 7) is 0. The third kappa shape index (κ3) is 4.61. The van der Waals surface area contributed by atoms with Crippen LogP contribution in [0.3, 0.4) is 0 Å². The van der Waals surface area contributed by atoms with E-state index in [1.54, 1.807) is 0 Å². The molecule has 0 bridgehead atoms. The Labute approximate surface area is 273 Å². The van der Waals surface area contributed by atoms with E-state index in [1.165, 1.54) is 44.5 Å². The SMILES string of the molecule is Brc1ccc2c(c1)C(c1ccccc1)(c1ccccc1)c1cc(-c3ccc(N(c4ccccc4)c4ccccc4)cc3)ccc1-2. The van der Waals surface area contributed by atoms with Crippen LogP contribution in [0, 0.1) is 0 Å². The van der Waals surface area contributed by atoms with Crippen molar-refractivity contribution in [3.63, 3.8) is 0 Å². The van der Waals surface area contributed by atoms with Crippen molar-refractivity contribution in [1.29, 1.82) is 0 Å². The van der Waals surface area contributed by atoms with E-state index in [9.17, 15) is 0 Å². The van der Waals surface area contributed by atoms with Crippen LogP contribution < -0.4 is 4.90 Å². The molecule has 7 aromatic carbocycles. The van der Waals surface area contributed by atoms with Gasteiger partial charge in [0, 0.05) is 21.5 Å². The second-order valence-electron chi connectivity index (χ2n) is 11.5. The Morgan fingerprint density at radius 1 is 0.378 bits per heavy atom. The molecule has 0 N–H and O–H groups in total. The first-order valence-electron chi connectivity index (χ1n) is 15.3. The average Bonchev–Trinajstić information content (AvgIpc) is 3.40. The third-order valence-corrected chi connectivity index (χ3v) is 9.49. The molecule has 0 spiro atoms. The zero-order valence-corrected chi connectivity index (χ0v) is 26.2. The Hall–Kier alpha value is -5.18. The fraction of sp³-hybridized carbons (Fsp3) is 0.0233. The smallest absolute Gasteiger partial charge is 0.0714 e. The maximum atomic E-state index is 3.81. The number of hydrogen-bond donors (Lipinski definition) is 0. The molecule has 0 fully saturated rings. The zero-order valence-electron chi connectivity index (χ0n) is 24.6. The molecule has 0 saturated carbocycles. The van der Waals surface area contributed by atoms with Crippen molar-refractivity contribution >= 4 is 33.0 Å². The lowest BCUT2D eigenvalue weighted by Gasteiger charge is -2.34. The predicted octanol–water partition coefficient (Wildman–Crippen LogP) is 11.9. The third-order valence-electron chi connectivity index (χ3n) is 9.00. The maximum Gasteiger partial charge on any atom is 0.0714 e. The van der Waals surface area contributed by atoms with Crippen molar-refractivity contribution in [2.45, 2.75) is 5.41 Å². The highest BCUT2D eigenvalue weighted by atomic mass is 79.9. The number of rotatable bonds is 6. The second-order valence-corrected chi connectivity index (χ2v) is 12.4. The standard InChI is InChI=1S/C43H30BrN/c44-35-24-28-40-39-27-23-32(29-41(39)43(42(40)30-35,33-13-5-1-6-14-33)34-15-7-2-8-16-34)31-21-25-38(26-22-31)45(36-17-9-3-10-18-36)37-19-11-4-12-20-37/h1-30H. The number of fused-ring (bicyclic) bond motifs is 3. The number of benzene rings is 7. The molecule has 45 heavy (non-hydrogen) atoms. The summed E-state index contributed by atoms with van der Waals surface area (Å²) in [5, 5.41) is 0. The van der Waals surface area contributed by atoms with E-state index in [-0.39, 0.29) is 0 Å². The summed E-state index contributed by atoms with van der Waals surface area (Å²) >= 11 is 3.81. The summed E-state index contributed by atoms with van der Waals surface area (Å²) in [5.41, 5.74) is 13.1. The predicted molar refractivity (Wildman–Crippen MR) is 192 cm³/mol. The molecule has 0 atom stereocenters. The average molecular weight is 641 g/mol. The summed E-state index contributed by atoms with van der Waals surface area (Å²) in [7, 11) is 0. The molecule has 2 heteroatoms. The molecular formula is C43H30BrN. The van der Waals surface area contributed by atoms with Crippen LogP contribution in [-0.4, -0.2) is 0 Å². The molecule has 0 heterocycles. The van der Waals surface area contributed by atoms with Crippen LogP contribution in [0.25, 0.3) is 22.3 Å². The van der Waals surface area contributed by atoms with Crippen LogP contribution in [-0.2, 0) is 5.41 Å². The van der Waals surface area contributed by atoms with Crippen molar-refractivity contribution in [3.8, 4) is 22.3 Å². The number of nitrogens with zero attached hydrogens (tertiary/aromatic N) is 1. The zero-order chi connectivity index (χ0) is 30.2. The molecule has 0 amide bonds. The van der Waals surface area contributed by atoms with Crippen molar-refractivity contribution in [2.24, 2.45) is 0 Å². The van der Waals surface area contributed by atoms with Crippen LogP contribution in [0.1, 0.15) is 22.3 Å². The second kappa shape index (κ2) is 11.4. The van der Waals surface area contributed by atoms with Crippen LogP contribution in [0.2, 0.25) is 0 Å². The Morgan fingerprint density at radius 2 is 0.800 bits per heavy atom. The Balaban J connectivity index is 1.29. The molecular weight excluding hydrogens is 610 g/mol. The number of hydrogen-bond acceptors (Lipinski definition) is 1. The van der Waals surface area contributed by atoms with E-state index in [0.29, 0.717) is 0 Å². The van der Waals surface area contributed by atoms with Gasteiger partial charge >= 0.3 is 0 Å². The van der Waals surface area contributed by atoms with Gasteiger partial charge in [-0.25, -0.2) is 0 Å². The van der Waals surface area contributed by atoms with Gasteiger partial charge in [0.15, 0.2) is 0 Å². The van der Waals surface area contributed by atoms with E-state index in [0.717, 1.165) is 21.5 Å². The highest BCUT2D eigenvalue weighted by Gasteiger charge is 2.46. The van der Waals surface area contributed by atoms with Gasteiger partial charge in [-0.15, -0.1) is 0 Å². The Kier molecular flexibility index (Phi) is 6.93. The number of anilines is 3. The normalized spacial score (nSPS) is 12.7. The largest absolute Gasteiger partial charge is 0.311 e. The molecule has 214 valence electrons. The van der Waals surface area contributed by atoms with Gasteiger partial charge in [-0.3, -0.25) is 0 Å². The maximum absolute atomic E-state index is 3.81. The van der Waals surface area contributed by atoms with Gasteiger partial charge in [0.05, 0.1) is 5.41 Å². The van der Waals surface area contributed by atoms with Crippen molar-refractivity contribution in [2.75, 3.05) is 4.90 Å². The lowest BCUT2D eigenvalue weighted by Crippen LogP contribution is -2.28. The van der Waals surface area contributed by atoms with Crippen LogP contribution in [0.15, 0.2) is 186 Å². The van der Waals surface area contributed by atoms with Gasteiger partial charge in [0.25, 0.3) is 0 Å². The summed E-state index contributed by atoms with van der Waals surface area (Å²) in [5.74, 6) is 0. The molecule has 0 aromatic heterocycles. The summed E-state index contributed by atoms with van der Waals surface area (Å²) < 4.78 is 1.09. The van der Waals surface area contributed by atoms with Crippen molar-refractivity contribution < 1.29 is 0 Å². The molecule has 0 aliphatic heterocycles. The van der Waals surface area contributed by atoms with Crippen molar-refractivity contribution in [3.05, 3.63) is 209 Å². The molecule has 8 rings (SSSR count). The van der Waals surface area contributed by atoms with E-state index in [4.69, 9.17) is 0 Å². The highest BCUT2D eigenvalue weighted by Crippen LogP contribution is 2.57. The van der Waals surface area contributed by atoms with E-state index >= 15 is 0 Å². The topological polar surface area (TPSA) is 3.24 Å². The van der Waals surface area contributed by atoms with Gasteiger partial charge in [-0.1, -0.05) is 143 Å². The van der Waals surface area contributed by atoms with E-state index < -0.39 is 5.41 Å². The van der Waals surface area contributed by atoms with Gasteiger partial charge < -0.3 is 4.90 Å². The lowest BCUT2D eigenvalue weighted by atomic mass is 9.67. The minimum atomic E-state index is -0.440. The highest BCUT2D eigenvalue weighted by molar-refractivity contribution is 9.10. The molecule has 1 aliphatic rings. The first-order chi connectivity index (χ1) is 22.2. The summed E-state index contributed by atoms with van der Waals surface area (Å²) in [6, 6.07) is 65.8. The van der Waals surface area contributed by atoms with Gasteiger partial charge in [-0.2, -0.15) is 0 Å². The monoisotopic (exact) mass is 639 g/mol. The quantitative estimate of drug-likeness (QED) is 0.175. The van der Waals surface area contributed by atoms with Crippen LogP contribution in [0.5, 0.6) is 0 Å². The summed E-state index contributed by atoms with van der Waals surface area (Å²) in [4.78, 5) is 2.30.